The van der Waals surface area contributed by atoms with Crippen LogP contribution in [0.2, 0.25) is 0 Å². The number of rotatable bonds is 5. The maximum absolute atomic E-state index is 12.2. The Morgan fingerprint density at radius 1 is 1.20 bits per heavy atom. The first-order valence-electron chi connectivity index (χ1n) is 7.18. The van der Waals surface area contributed by atoms with Gasteiger partial charge < -0.3 is 10.1 Å². The summed E-state index contributed by atoms with van der Waals surface area (Å²) in [6.07, 6.45) is 1.42. The number of ether oxygens (including phenoxy) is 1. The summed E-state index contributed by atoms with van der Waals surface area (Å²) in [4.78, 5) is 59.6. The van der Waals surface area contributed by atoms with Gasteiger partial charge in [0.05, 0.1) is 16.7 Å². The molecule has 9 nitrogen and oxygen atoms in total. The molecule has 0 saturated carbocycles. The molecule has 0 atom stereocenters. The molecule has 0 saturated heterocycles. The van der Waals surface area contributed by atoms with Gasteiger partial charge in [0.1, 0.15) is 0 Å². The number of nitrogens with zero attached hydrogens (tertiary/aromatic N) is 1. The molecule has 0 aromatic heterocycles. The van der Waals surface area contributed by atoms with Crippen molar-refractivity contribution in [3.05, 3.63) is 47.5 Å². The minimum atomic E-state index is -0.864. The number of hydrogen-bond donors (Lipinski definition) is 2. The van der Waals surface area contributed by atoms with Crippen LogP contribution in [0.4, 0.5) is 4.79 Å². The number of imide groups is 2. The Morgan fingerprint density at radius 2 is 1.88 bits per heavy atom. The molecule has 0 spiro atoms. The average Bonchev–Trinajstić information content (AvgIpc) is 2.84. The number of carbonyl (C=O) groups is 5. The molecular weight excluding hydrogens is 330 g/mol. The minimum Gasteiger partial charge on any atom is -0.452 e. The van der Waals surface area contributed by atoms with E-state index >= 15 is 0 Å². The Balaban J connectivity index is 2.08. The van der Waals surface area contributed by atoms with E-state index in [1.165, 1.54) is 31.3 Å². The topological polar surface area (TPSA) is 122 Å². The van der Waals surface area contributed by atoms with Crippen LogP contribution in [0.3, 0.4) is 0 Å². The van der Waals surface area contributed by atoms with Crippen molar-refractivity contribution in [1.29, 1.82) is 0 Å². The second kappa shape index (κ2) is 7.39. The highest BCUT2D eigenvalue weighted by Gasteiger charge is 2.35. The molecule has 1 heterocycles. The molecule has 25 heavy (non-hydrogen) atoms. The van der Waals surface area contributed by atoms with E-state index in [1.54, 1.807) is 0 Å². The Hall–Kier alpha value is -3.49. The summed E-state index contributed by atoms with van der Waals surface area (Å²) in [6, 6.07) is 3.17. The lowest BCUT2D eigenvalue weighted by Crippen LogP contribution is -2.39. The highest BCUT2D eigenvalue weighted by molar-refractivity contribution is 6.22. The Labute approximate surface area is 142 Å². The third-order valence-corrected chi connectivity index (χ3v) is 3.33. The van der Waals surface area contributed by atoms with E-state index in [4.69, 9.17) is 4.74 Å². The molecule has 0 unspecified atom stereocenters. The van der Waals surface area contributed by atoms with Crippen LogP contribution < -0.4 is 10.6 Å². The van der Waals surface area contributed by atoms with Crippen molar-refractivity contribution in [2.75, 3.05) is 20.2 Å². The maximum atomic E-state index is 12.2. The molecule has 0 bridgehead atoms. The summed E-state index contributed by atoms with van der Waals surface area (Å²) in [5.41, 5.74) is 0.268. The van der Waals surface area contributed by atoms with Crippen molar-refractivity contribution in [2.45, 2.75) is 0 Å². The van der Waals surface area contributed by atoms with Crippen LogP contribution in [0.15, 0.2) is 30.9 Å². The predicted octanol–water partition coefficient (Wildman–Crippen LogP) is 0.0810. The molecular formula is C16H15N3O6. The molecule has 1 aliphatic heterocycles. The van der Waals surface area contributed by atoms with Crippen LogP contribution in [0.25, 0.3) is 0 Å². The first-order valence-corrected chi connectivity index (χ1v) is 7.18. The van der Waals surface area contributed by atoms with Gasteiger partial charge in [-0.1, -0.05) is 6.08 Å². The third kappa shape index (κ3) is 3.71. The monoisotopic (exact) mass is 345 g/mol. The van der Waals surface area contributed by atoms with Gasteiger partial charge in [0.25, 0.3) is 17.7 Å². The summed E-state index contributed by atoms with van der Waals surface area (Å²) < 4.78 is 4.77. The molecule has 0 aliphatic carbocycles. The molecule has 2 N–H and O–H groups in total. The van der Waals surface area contributed by atoms with Crippen molar-refractivity contribution in [1.82, 2.24) is 15.5 Å². The van der Waals surface area contributed by atoms with E-state index in [1.807, 2.05) is 5.32 Å². The molecule has 5 amide bonds. The van der Waals surface area contributed by atoms with Gasteiger partial charge in [-0.05, 0) is 18.2 Å². The fourth-order valence-electron chi connectivity index (χ4n) is 2.15. The predicted molar refractivity (Wildman–Crippen MR) is 84.9 cm³/mol. The fraction of sp³-hybridized carbons (Fsp3) is 0.188. The summed E-state index contributed by atoms with van der Waals surface area (Å²) in [6.45, 7) is 2.88. The van der Waals surface area contributed by atoms with Gasteiger partial charge in [0, 0.05) is 13.6 Å². The molecule has 1 aromatic rings. The lowest BCUT2D eigenvalue weighted by molar-refractivity contribution is -0.123. The second-order valence-electron chi connectivity index (χ2n) is 4.97. The number of esters is 1. The minimum absolute atomic E-state index is 0.00750. The van der Waals surface area contributed by atoms with Gasteiger partial charge in [0.15, 0.2) is 6.61 Å². The fourth-order valence-corrected chi connectivity index (χ4v) is 2.15. The van der Waals surface area contributed by atoms with Crippen LogP contribution in [0.1, 0.15) is 31.1 Å². The van der Waals surface area contributed by atoms with E-state index in [0.29, 0.717) is 0 Å². The van der Waals surface area contributed by atoms with E-state index in [9.17, 15) is 24.0 Å². The number of carbonyl (C=O) groups excluding carboxylic acids is 5. The zero-order valence-electron chi connectivity index (χ0n) is 13.3. The lowest BCUT2D eigenvalue weighted by atomic mass is 10.1. The third-order valence-electron chi connectivity index (χ3n) is 3.33. The smallest absolute Gasteiger partial charge is 0.338 e. The van der Waals surface area contributed by atoms with Gasteiger partial charge in [0.2, 0.25) is 0 Å². The Bertz CT molecular complexity index is 786. The van der Waals surface area contributed by atoms with Gasteiger partial charge in [-0.15, -0.1) is 6.58 Å². The SMILES string of the molecule is C=CCN1C(=O)c2ccc(C(=O)OCC(=O)NC(=O)NC)cc2C1=O. The molecule has 9 heteroatoms. The zero-order valence-corrected chi connectivity index (χ0v) is 13.3. The zero-order chi connectivity index (χ0) is 18.6. The summed E-state index contributed by atoms with van der Waals surface area (Å²) in [5.74, 6) is -2.67. The molecule has 1 aliphatic rings. The van der Waals surface area contributed by atoms with E-state index in [2.05, 4.69) is 11.9 Å². The molecule has 0 radical (unpaired) electrons. The van der Waals surface area contributed by atoms with Gasteiger partial charge >= 0.3 is 12.0 Å². The van der Waals surface area contributed by atoms with Crippen molar-refractivity contribution in [3.63, 3.8) is 0 Å². The molecule has 1 aromatic carbocycles. The van der Waals surface area contributed by atoms with Crippen LogP contribution in [-0.2, 0) is 9.53 Å². The summed E-state index contributed by atoms with van der Waals surface area (Å²) >= 11 is 0. The highest BCUT2D eigenvalue weighted by atomic mass is 16.5. The van der Waals surface area contributed by atoms with Crippen LogP contribution in [0.5, 0.6) is 0 Å². The van der Waals surface area contributed by atoms with Gasteiger partial charge in [-0.2, -0.15) is 0 Å². The molecule has 0 fully saturated rings. The number of urea groups is 1. The lowest BCUT2D eigenvalue weighted by Gasteiger charge is -2.09. The number of fused-ring (bicyclic) bond motifs is 1. The number of hydrogen-bond acceptors (Lipinski definition) is 6. The first-order chi connectivity index (χ1) is 11.9. The van der Waals surface area contributed by atoms with Crippen molar-refractivity contribution in [2.24, 2.45) is 0 Å². The van der Waals surface area contributed by atoms with Gasteiger partial charge in [-0.25, -0.2) is 9.59 Å². The van der Waals surface area contributed by atoms with Crippen molar-refractivity contribution >= 4 is 29.7 Å². The molecule has 2 rings (SSSR count). The van der Waals surface area contributed by atoms with E-state index < -0.39 is 36.3 Å². The van der Waals surface area contributed by atoms with Crippen LogP contribution in [-0.4, -0.2) is 54.8 Å². The maximum Gasteiger partial charge on any atom is 0.338 e. The summed E-state index contributed by atoms with van der Waals surface area (Å²) in [7, 11) is 1.33. The number of amides is 5. The number of benzene rings is 1. The van der Waals surface area contributed by atoms with E-state index in [0.717, 1.165) is 4.90 Å². The molecule has 130 valence electrons. The van der Waals surface area contributed by atoms with Gasteiger partial charge in [-0.3, -0.25) is 24.6 Å². The van der Waals surface area contributed by atoms with Crippen LogP contribution in [0, 0.1) is 0 Å². The first kappa shape index (κ1) is 17.9. The highest BCUT2D eigenvalue weighted by Crippen LogP contribution is 2.24. The van der Waals surface area contributed by atoms with E-state index in [-0.39, 0.29) is 23.2 Å². The standard InChI is InChI=1S/C16H15N3O6/c1-3-6-19-13(21)10-5-4-9(7-11(10)14(19)22)15(23)25-8-12(20)18-16(24)17-2/h3-5,7H,1,6,8H2,2H3,(H2,17,18,20,24). The normalized spacial score (nSPS) is 12.4. The van der Waals surface area contributed by atoms with Crippen molar-refractivity contribution < 1.29 is 28.7 Å². The number of nitrogens with one attached hydrogen (secondary N) is 2. The van der Waals surface area contributed by atoms with Crippen molar-refractivity contribution in [3.8, 4) is 0 Å². The largest absolute Gasteiger partial charge is 0.452 e. The average molecular weight is 345 g/mol. The van der Waals surface area contributed by atoms with Crippen LogP contribution >= 0.6 is 0 Å². The second-order valence-corrected chi connectivity index (χ2v) is 4.97. The summed E-state index contributed by atoms with van der Waals surface area (Å²) in [5, 5.41) is 4.10. The quantitative estimate of drug-likeness (QED) is 0.443. The Morgan fingerprint density at radius 3 is 2.52 bits per heavy atom. The Kier molecular flexibility index (Phi) is 5.28.